The molecule has 4 rings (SSSR count). The van der Waals surface area contributed by atoms with E-state index < -0.39 is 21.7 Å². The van der Waals surface area contributed by atoms with Crippen LogP contribution in [-0.4, -0.2) is 43.9 Å². The van der Waals surface area contributed by atoms with Gasteiger partial charge in [-0.05, 0) is 36.8 Å². The molecule has 30 heavy (non-hydrogen) atoms. The second-order valence-electron chi connectivity index (χ2n) is 7.25. The number of sulfonamides is 1. The van der Waals surface area contributed by atoms with Crippen molar-refractivity contribution in [2.75, 3.05) is 31.1 Å². The van der Waals surface area contributed by atoms with Crippen molar-refractivity contribution in [3.8, 4) is 0 Å². The Morgan fingerprint density at radius 2 is 1.70 bits per heavy atom. The predicted molar refractivity (Wildman–Crippen MR) is 113 cm³/mol. The molecule has 158 valence electrons. The fraction of sp³-hybridized carbons (Fsp3) is 0.286. The number of hydrogen-bond donors (Lipinski definition) is 0. The number of thiazole rings is 1. The van der Waals surface area contributed by atoms with Gasteiger partial charge < -0.3 is 4.90 Å². The number of anilines is 1. The molecule has 0 spiro atoms. The Morgan fingerprint density at radius 3 is 2.37 bits per heavy atom. The van der Waals surface area contributed by atoms with Gasteiger partial charge in [0.2, 0.25) is 10.0 Å². The molecule has 0 atom stereocenters. The van der Waals surface area contributed by atoms with Crippen LogP contribution >= 0.6 is 11.3 Å². The minimum Gasteiger partial charge on any atom is -0.345 e. The van der Waals surface area contributed by atoms with Crippen LogP contribution < -0.4 is 4.90 Å². The first kappa shape index (κ1) is 20.9. The van der Waals surface area contributed by atoms with Gasteiger partial charge in [-0.3, -0.25) is 0 Å². The lowest BCUT2D eigenvalue weighted by atomic mass is 10.1. The van der Waals surface area contributed by atoms with E-state index in [0.717, 1.165) is 22.5 Å². The molecule has 0 aliphatic carbocycles. The van der Waals surface area contributed by atoms with Gasteiger partial charge in [-0.2, -0.15) is 4.31 Å². The van der Waals surface area contributed by atoms with Crippen molar-refractivity contribution >= 4 is 26.5 Å². The highest BCUT2D eigenvalue weighted by Gasteiger charge is 2.29. The van der Waals surface area contributed by atoms with Gasteiger partial charge in [0.1, 0.15) is 0 Å². The van der Waals surface area contributed by atoms with Gasteiger partial charge in [-0.25, -0.2) is 22.2 Å². The van der Waals surface area contributed by atoms with Crippen molar-refractivity contribution in [3.05, 3.63) is 76.3 Å². The van der Waals surface area contributed by atoms with E-state index in [1.165, 1.54) is 21.7 Å². The van der Waals surface area contributed by atoms with Crippen molar-refractivity contribution in [1.82, 2.24) is 9.29 Å². The SMILES string of the molecule is Cc1ccc(S(=O)(=O)N2CCN(c3nc(Cc4ccc(F)c(F)c4)cs3)CC2)cc1. The van der Waals surface area contributed by atoms with Crippen LogP contribution in [0.25, 0.3) is 0 Å². The number of aromatic nitrogens is 1. The maximum Gasteiger partial charge on any atom is 0.243 e. The van der Waals surface area contributed by atoms with Crippen LogP contribution in [0.15, 0.2) is 52.7 Å². The molecule has 1 aliphatic rings. The summed E-state index contributed by atoms with van der Waals surface area (Å²) in [6, 6.07) is 10.7. The highest BCUT2D eigenvalue weighted by molar-refractivity contribution is 7.89. The summed E-state index contributed by atoms with van der Waals surface area (Å²) in [6.07, 6.45) is 0.412. The van der Waals surface area contributed by atoms with Gasteiger partial charge in [0.15, 0.2) is 16.8 Å². The minimum atomic E-state index is -3.50. The minimum absolute atomic E-state index is 0.310. The van der Waals surface area contributed by atoms with E-state index in [4.69, 9.17) is 0 Å². The summed E-state index contributed by atoms with van der Waals surface area (Å²) in [7, 11) is -3.50. The quantitative estimate of drug-likeness (QED) is 0.594. The molecule has 5 nitrogen and oxygen atoms in total. The van der Waals surface area contributed by atoms with Crippen molar-refractivity contribution < 1.29 is 17.2 Å². The molecule has 0 amide bonds. The molecular formula is C21H21F2N3O2S2. The molecule has 0 bridgehead atoms. The molecule has 0 radical (unpaired) electrons. The number of benzene rings is 2. The molecule has 1 aliphatic heterocycles. The summed E-state index contributed by atoms with van der Waals surface area (Å²) in [5, 5.41) is 2.70. The summed E-state index contributed by atoms with van der Waals surface area (Å²) in [5.74, 6) is -1.73. The average Bonchev–Trinajstić information content (AvgIpc) is 3.20. The second-order valence-corrected chi connectivity index (χ2v) is 10.0. The number of piperazine rings is 1. The zero-order valence-corrected chi connectivity index (χ0v) is 18.0. The summed E-state index contributed by atoms with van der Waals surface area (Å²) >= 11 is 1.47. The van der Waals surface area contributed by atoms with Gasteiger partial charge in [0, 0.05) is 38.0 Å². The lowest BCUT2D eigenvalue weighted by Crippen LogP contribution is -2.48. The van der Waals surface area contributed by atoms with Crippen molar-refractivity contribution in [3.63, 3.8) is 0 Å². The number of halogens is 2. The standard InChI is InChI=1S/C21H21F2N3O2S2/c1-15-2-5-18(6-3-15)30(27,28)26-10-8-25(9-11-26)21-24-17(14-29-21)12-16-4-7-19(22)20(23)13-16/h2-7,13-14H,8-12H2,1H3. The van der Waals surface area contributed by atoms with E-state index in [0.29, 0.717) is 43.1 Å². The highest BCUT2D eigenvalue weighted by atomic mass is 32.2. The number of nitrogens with zero attached hydrogens (tertiary/aromatic N) is 3. The first-order valence-electron chi connectivity index (χ1n) is 9.53. The second kappa shape index (κ2) is 8.41. The molecule has 3 aromatic rings. The Balaban J connectivity index is 1.40. The fourth-order valence-electron chi connectivity index (χ4n) is 3.36. The Kier molecular flexibility index (Phi) is 5.86. The largest absolute Gasteiger partial charge is 0.345 e. The smallest absolute Gasteiger partial charge is 0.243 e. The Hall–Kier alpha value is -2.36. The van der Waals surface area contributed by atoms with Crippen LogP contribution in [0.5, 0.6) is 0 Å². The number of rotatable bonds is 5. The number of hydrogen-bond acceptors (Lipinski definition) is 5. The average molecular weight is 450 g/mol. The van der Waals surface area contributed by atoms with Gasteiger partial charge in [-0.15, -0.1) is 11.3 Å². The Morgan fingerprint density at radius 1 is 1.00 bits per heavy atom. The Bertz CT molecular complexity index is 1140. The molecule has 0 saturated carbocycles. The topological polar surface area (TPSA) is 53.5 Å². The normalized spacial score (nSPS) is 15.5. The molecule has 0 unspecified atom stereocenters. The van der Waals surface area contributed by atoms with E-state index in [1.54, 1.807) is 30.3 Å². The third kappa shape index (κ3) is 4.38. The van der Waals surface area contributed by atoms with Gasteiger partial charge in [-0.1, -0.05) is 23.8 Å². The van der Waals surface area contributed by atoms with Crippen LogP contribution in [0.4, 0.5) is 13.9 Å². The molecule has 0 N–H and O–H groups in total. The predicted octanol–water partition coefficient (Wildman–Crippen LogP) is 3.83. The van der Waals surface area contributed by atoms with Gasteiger partial charge in [0.05, 0.1) is 10.6 Å². The van der Waals surface area contributed by atoms with E-state index in [9.17, 15) is 17.2 Å². The molecule has 2 aromatic carbocycles. The maximum absolute atomic E-state index is 13.4. The van der Waals surface area contributed by atoms with Crippen molar-refractivity contribution in [2.45, 2.75) is 18.2 Å². The van der Waals surface area contributed by atoms with E-state index in [-0.39, 0.29) is 0 Å². The third-order valence-electron chi connectivity index (χ3n) is 5.08. The van der Waals surface area contributed by atoms with E-state index in [1.807, 2.05) is 12.3 Å². The first-order valence-corrected chi connectivity index (χ1v) is 11.8. The summed E-state index contributed by atoms with van der Waals surface area (Å²) < 4.78 is 53.7. The molecule has 1 aromatic heterocycles. The van der Waals surface area contributed by atoms with Crippen molar-refractivity contribution in [1.29, 1.82) is 0 Å². The van der Waals surface area contributed by atoms with Crippen molar-refractivity contribution in [2.24, 2.45) is 0 Å². The monoisotopic (exact) mass is 449 g/mol. The molecule has 1 fully saturated rings. The summed E-state index contributed by atoms with van der Waals surface area (Å²) in [6.45, 7) is 3.78. The maximum atomic E-state index is 13.4. The molecule has 2 heterocycles. The zero-order chi connectivity index (χ0) is 21.3. The summed E-state index contributed by atoms with van der Waals surface area (Å²) in [4.78, 5) is 6.96. The van der Waals surface area contributed by atoms with Crippen LogP contribution in [0.3, 0.4) is 0 Å². The Labute approximate surface area is 178 Å². The molecule has 9 heteroatoms. The van der Waals surface area contributed by atoms with Gasteiger partial charge >= 0.3 is 0 Å². The van der Waals surface area contributed by atoms with Crippen LogP contribution in [0.1, 0.15) is 16.8 Å². The highest BCUT2D eigenvalue weighted by Crippen LogP contribution is 2.25. The van der Waals surface area contributed by atoms with Crippen LogP contribution in [0.2, 0.25) is 0 Å². The van der Waals surface area contributed by atoms with Crippen LogP contribution in [0, 0.1) is 18.6 Å². The van der Waals surface area contributed by atoms with E-state index in [2.05, 4.69) is 9.88 Å². The molecule has 1 saturated heterocycles. The first-order chi connectivity index (χ1) is 14.3. The van der Waals surface area contributed by atoms with E-state index >= 15 is 0 Å². The fourth-order valence-corrected chi connectivity index (χ4v) is 5.66. The lowest BCUT2D eigenvalue weighted by molar-refractivity contribution is 0.384. The lowest BCUT2D eigenvalue weighted by Gasteiger charge is -2.33. The zero-order valence-electron chi connectivity index (χ0n) is 16.4. The van der Waals surface area contributed by atoms with Gasteiger partial charge in [0.25, 0.3) is 0 Å². The molecular weight excluding hydrogens is 428 g/mol. The number of aryl methyl sites for hydroxylation is 1. The summed E-state index contributed by atoms with van der Waals surface area (Å²) in [5.41, 5.74) is 2.44. The third-order valence-corrected chi connectivity index (χ3v) is 7.94. The van der Waals surface area contributed by atoms with Crippen LogP contribution in [-0.2, 0) is 16.4 Å².